The lowest BCUT2D eigenvalue weighted by Crippen LogP contribution is -2.46. The van der Waals surface area contributed by atoms with Gasteiger partial charge in [-0.25, -0.2) is 9.78 Å². The molecule has 1 aromatic heterocycles. The molecular formula is C14H17NO3S. The number of pyridine rings is 1. The number of thioether (sulfide) groups is 1. The maximum absolute atomic E-state index is 11.2. The standard InChI is InChI=1S/C14H17NO3S/c16-13(17)11-3-1-7-15-12(11)19-10-4-8-18-14(9-10)5-2-6-14/h1,3,7,10H,2,4-6,8-9H2,(H,16,17). The van der Waals surface area contributed by atoms with Crippen LogP contribution in [0.4, 0.5) is 0 Å². The Labute approximate surface area is 116 Å². The van der Waals surface area contributed by atoms with Crippen molar-refractivity contribution in [2.45, 2.75) is 48.0 Å². The topological polar surface area (TPSA) is 59.4 Å². The summed E-state index contributed by atoms with van der Waals surface area (Å²) in [5.74, 6) is -0.902. The van der Waals surface area contributed by atoms with E-state index in [1.54, 1.807) is 30.1 Å². The number of carboxylic acids is 1. The Kier molecular flexibility index (Phi) is 3.50. The average Bonchev–Trinajstić information content (AvgIpc) is 2.37. The number of ether oxygens (including phenoxy) is 1. The molecule has 0 amide bonds. The molecule has 4 nitrogen and oxygen atoms in total. The van der Waals surface area contributed by atoms with Gasteiger partial charge in [-0.1, -0.05) is 0 Å². The van der Waals surface area contributed by atoms with Crippen molar-refractivity contribution in [1.82, 2.24) is 4.98 Å². The Balaban J connectivity index is 1.72. The van der Waals surface area contributed by atoms with Crippen molar-refractivity contribution in [2.24, 2.45) is 0 Å². The molecule has 0 radical (unpaired) electrons. The van der Waals surface area contributed by atoms with E-state index in [9.17, 15) is 9.90 Å². The summed E-state index contributed by atoms with van der Waals surface area (Å²) in [6.45, 7) is 0.785. The maximum Gasteiger partial charge on any atom is 0.338 e. The van der Waals surface area contributed by atoms with Crippen LogP contribution in [-0.4, -0.2) is 33.5 Å². The number of rotatable bonds is 3. The average molecular weight is 279 g/mol. The SMILES string of the molecule is O=C(O)c1cccnc1SC1CCOC2(CCC2)C1. The summed E-state index contributed by atoms with van der Waals surface area (Å²) in [6.07, 6.45) is 7.21. The van der Waals surface area contributed by atoms with Crippen molar-refractivity contribution in [3.8, 4) is 0 Å². The fraction of sp³-hybridized carbons (Fsp3) is 0.571. The molecule has 1 atom stereocenters. The van der Waals surface area contributed by atoms with Gasteiger partial charge in [0.1, 0.15) is 5.03 Å². The summed E-state index contributed by atoms with van der Waals surface area (Å²) in [7, 11) is 0. The van der Waals surface area contributed by atoms with Crippen LogP contribution in [0.2, 0.25) is 0 Å². The van der Waals surface area contributed by atoms with Crippen molar-refractivity contribution in [1.29, 1.82) is 0 Å². The minimum Gasteiger partial charge on any atom is -0.478 e. The van der Waals surface area contributed by atoms with Gasteiger partial charge in [0.15, 0.2) is 0 Å². The summed E-state index contributed by atoms with van der Waals surface area (Å²) in [4.78, 5) is 15.4. The molecule has 1 aromatic rings. The van der Waals surface area contributed by atoms with Gasteiger partial charge in [-0.15, -0.1) is 11.8 Å². The number of hydrogen-bond acceptors (Lipinski definition) is 4. The molecule has 1 spiro atoms. The van der Waals surface area contributed by atoms with E-state index in [1.807, 2.05) is 0 Å². The third-order valence-electron chi connectivity index (χ3n) is 3.99. The largest absolute Gasteiger partial charge is 0.478 e. The van der Waals surface area contributed by atoms with E-state index in [-0.39, 0.29) is 5.60 Å². The van der Waals surface area contributed by atoms with Crippen LogP contribution >= 0.6 is 11.8 Å². The van der Waals surface area contributed by atoms with E-state index >= 15 is 0 Å². The van der Waals surface area contributed by atoms with E-state index < -0.39 is 5.97 Å². The highest BCUT2D eigenvalue weighted by atomic mass is 32.2. The van der Waals surface area contributed by atoms with E-state index in [2.05, 4.69) is 4.98 Å². The van der Waals surface area contributed by atoms with Crippen LogP contribution in [0.3, 0.4) is 0 Å². The smallest absolute Gasteiger partial charge is 0.338 e. The molecule has 1 saturated carbocycles. The van der Waals surface area contributed by atoms with E-state index in [1.165, 1.54) is 6.42 Å². The predicted molar refractivity (Wildman–Crippen MR) is 72.6 cm³/mol. The zero-order valence-electron chi connectivity index (χ0n) is 10.7. The molecule has 3 rings (SSSR count). The summed E-state index contributed by atoms with van der Waals surface area (Å²) in [5, 5.41) is 10.2. The number of hydrogen-bond donors (Lipinski definition) is 1. The molecule has 102 valence electrons. The number of carboxylic acid groups (broad SMARTS) is 1. The first kappa shape index (κ1) is 12.9. The highest BCUT2D eigenvalue weighted by Crippen LogP contribution is 2.46. The van der Waals surface area contributed by atoms with Gasteiger partial charge in [0.25, 0.3) is 0 Å². The summed E-state index contributed by atoms with van der Waals surface area (Å²) in [5.41, 5.74) is 0.398. The lowest BCUT2D eigenvalue weighted by atomic mass is 9.75. The third-order valence-corrected chi connectivity index (χ3v) is 5.28. The Hall–Kier alpha value is -1.07. The Morgan fingerprint density at radius 3 is 3.05 bits per heavy atom. The summed E-state index contributed by atoms with van der Waals surface area (Å²) in [6, 6.07) is 3.29. The van der Waals surface area contributed by atoms with Crippen LogP contribution in [0.15, 0.2) is 23.4 Å². The molecule has 1 N–H and O–H groups in total. The van der Waals surface area contributed by atoms with Gasteiger partial charge in [-0.2, -0.15) is 0 Å². The predicted octanol–water partition coefficient (Wildman–Crippen LogP) is 2.97. The zero-order valence-corrected chi connectivity index (χ0v) is 11.5. The molecular weight excluding hydrogens is 262 g/mol. The van der Waals surface area contributed by atoms with Crippen LogP contribution in [0.1, 0.15) is 42.5 Å². The van der Waals surface area contributed by atoms with Gasteiger partial charge < -0.3 is 9.84 Å². The highest BCUT2D eigenvalue weighted by Gasteiger charge is 2.42. The van der Waals surface area contributed by atoms with Gasteiger partial charge in [0.2, 0.25) is 0 Å². The normalized spacial score (nSPS) is 24.9. The fourth-order valence-corrected chi connectivity index (χ4v) is 4.13. The van der Waals surface area contributed by atoms with Crippen LogP contribution in [0.5, 0.6) is 0 Å². The number of aromatic carboxylic acids is 1. The molecule has 2 heterocycles. The first-order valence-electron chi connectivity index (χ1n) is 6.67. The monoisotopic (exact) mass is 279 g/mol. The van der Waals surface area contributed by atoms with Crippen molar-refractivity contribution >= 4 is 17.7 Å². The summed E-state index contributed by atoms with van der Waals surface area (Å²) < 4.78 is 5.90. The molecule has 1 saturated heterocycles. The van der Waals surface area contributed by atoms with Crippen LogP contribution in [0.25, 0.3) is 0 Å². The first-order valence-corrected chi connectivity index (χ1v) is 7.55. The van der Waals surface area contributed by atoms with Crippen molar-refractivity contribution < 1.29 is 14.6 Å². The lowest BCUT2D eigenvalue weighted by molar-refractivity contribution is -0.125. The first-order chi connectivity index (χ1) is 9.19. The van der Waals surface area contributed by atoms with Gasteiger partial charge in [0, 0.05) is 18.1 Å². The van der Waals surface area contributed by atoms with Crippen molar-refractivity contribution in [2.75, 3.05) is 6.61 Å². The lowest BCUT2D eigenvalue weighted by Gasteiger charge is -2.47. The van der Waals surface area contributed by atoms with E-state index in [4.69, 9.17) is 4.74 Å². The number of carbonyl (C=O) groups is 1. The molecule has 1 aliphatic heterocycles. The minimum atomic E-state index is -0.902. The molecule has 0 bridgehead atoms. The molecule has 19 heavy (non-hydrogen) atoms. The highest BCUT2D eigenvalue weighted by molar-refractivity contribution is 7.99. The van der Waals surface area contributed by atoms with Crippen molar-refractivity contribution in [3.05, 3.63) is 23.9 Å². The molecule has 1 aliphatic carbocycles. The molecule has 1 unspecified atom stereocenters. The Morgan fingerprint density at radius 1 is 1.53 bits per heavy atom. The number of aromatic nitrogens is 1. The molecule has 0 aromatic carbocycles. The maximum atomic E-state index is 11.2. The minimum absolute atomic E-state index is 0.0914. The Bertz CT molecular complexity index is 487. The Morgan fingerprint density at radius 2 is 2.37 bits per heavy atom. The van der Waals surface area contributed by atoms with Crippen LogP contribution in [-0.2, 0) is 4.74 Å². The van der Waals surface area contributed by atoms with Crippen LogP contribution < -0.4 is 0 Å². The van der Waals surface area contributed by atoms with E-state index in [0.29, 0.717) is 15.8 Å². The summed E-state index contributed by atoms with van der Waals surface area (Å²) >= 11 is 1.60. The van der Waals surface area contributed by atoms with Gasteiger partial charge >= 0.3 is 5.97 Å². The molecule has 5 heteroatoms. The molecule has 2 aliphatic rings. The van der Waals surface area contributed by atoms with Gasteiger partial charge in [-0.05, 0) is 44.2 Å². The van der Waals surface area contributed by atoms with Crippen molar-refractivity contribution in [3.63, 3.8) is 0 Å². The third kappa shape index (κ3) is 2.62. The second-order valence-electron chi connectivity index (χ2n) is 5.28. The number of nitrogens with zero attached hydrogens (tertiary/aromatic N) is 1. The zero-order chi connectivity index (χ0) is 13.3. The second kappa shape index (κ2) is 5.13. The second-order valence-corrected chi connectivity index (χ2v) is 6.57. The van der Waals surface area contributed by atoms with E-state index in [0.717, 1.165) is 32.3 Å². The van der Waals surface area contributed by atoms with Gasteiger partial charge in [-0.3, -0.25) is 0 Å². The molecule has 2 fully saturated rings. The van der Waals surface area contributed by atoms with Crippen LogP contribution in [0, 0.1) is 0 Å². The fourth-order valence-electron chi connectivity index (χ4n) is 2.81. The quantitative estimate of drug-likeness (QED) is 0.921. The van der Waals surface area contributed by atoms with Gasteiger partial charge in [0.05, 0.1) is 11.2 Å².